The van der Waals surface area contributed by atoms with Gasteiger partial charge >= 0.3 is 0 Å². The van der Waals surface area contributed by atoms with E-state index >= 15 is 0 Å². The first-order chi connectivity index (χ1) is 13.9. The largest absolute Gasteiger partial charge is 0.356 e. The molecule has 7 heteroatoms. The fraction of sp³-hybridized carbons (Fsp3) is 0.318. The summed E-state index contributed by atoms with van der Waals surface area (Å²) in [5.74, 6) is -0.161. The van der Waals surface area contributed by atoms with Gasteiger partial charge in [-0.3, -0.25) is 4.79 Å². The number of rotatable bonds is 9. The van der Waals surface area contributed by atoms with E-state index in [4.69, 9.17) is 0 Å². The molecule has 0 bridgehead atoms. The van der Waals surface area contributed by atoms with Crippen LogP contribution in [0.15, 0.2) is 59.6 Å². The average Bonchev–Trinajstić information content (AvgIpc) is 3.08. The summed E-state index contributed by atoms with van der Waals surface area (Å²) in [7, 11) is -3.61. The van der Waals surface area contributed by atoms with Gasteiger partial charge in [-0.15, -0.1) is 0 Å². The smallest absolute Gasteiger partial charge is 0.240 e. The second-order valence-corrected chi connectivity index (χ2v) is 8.92. The van der Waals surface area contributed by atoms with Crippen molar-refractivity contribution in [3.63, 3.8) is 0 Å². The number of carbonyl (C=O) groups is 1. The molecule has 154 valence electrons. The molecule has 29 heavy (non-hydrogen) atoms. The molecule has 3 rings (SSSR count). The molecule has 6 nitrogen and oxygen atoms in total. The molecule has 2 aromatic carbocycles. The van der Waals surface area contributed by atoms with Crippen molar-refractivity contribution >= 4 is 26.8 Å². The van der Waals surface area contributed by atoms with Gasteiger partial charge in [-0.25, -0.2) is 13.1 Å². The van der Waals surface area contributed by atoms with Gasteiger partial charge in [0.1, 0.15) is 0 Å². The van der Waals surface area contributed by atoms with E-state index in [1.54, 1.807) is 19.1 Å². The van der Waals surface area contributed by atoms with Gasteiger partial charge in [-0.1, -0.05) is 35.9 Å². The zero-order valence-corrected chi connectivity index (χ0v) is 17.6. The van der Waals surface area contributed by atoms with E-state index in [0.717, 1.165) is 18.5 Å². The maximum absolute atomic E-state index is 12.4. The van der Waals surface area contributed by atoms with Crippen molar-refractivity contribution in [3.05, 3.63) is 65.9 Å². The lowest BCUT2D eigenvalue weighted by molar-refractivity contribution is -0.120. The average molecular weight is 414 g/mol. The number of benzene rings is 2. The van der Waals surface area contributed by atoms with Crippen LogP contribution in [-0.2, 0) is 21.4 Å². The summed E-state index contributed by atoms with van der Waals surface area (Å²) < 4.78 is 29.5. The quantitative estimate of drug-likeness (QED) is 0.529. The fourth-order valence-corrected chi connectivity index (χ4v) is 4.63. The van der Waals surface area contributed by atoms with E-state index in [2.05, 4.69) is 32.8 Å². The molecule has 1 amide bonds. The number of nitrogens with one attached hydrogen (secondary N) is 2. The number of sulfonamides is 1. The van der Waals surface area contributed by atoms with Gasteiger partial charge in [0, 0.05) is 37.8 Å². The van der Waals surface area contributed by atoms with Crippen molar-refractivity contribution in [2.75, 3.05) is 13.1 Å². The molecule has 0 fully saturated rings. The van der Waals surface area contributed by atoms with E-state index < -0.39 is 10.0 Å². The highest BCUT2D eigenvalue weighted by atomic mass is 32.2. The molecule has 2 N–H and O–H groups in total. The Kier molecular flexibility index (Phi) is 6.71. The van der Waals surface area contributed by atoms with E-state index in [1.807, 2.05) is 31.3 Å². The summed E-state index contributed by atoms with van der Waals surface area (Å²) in [6.07, 6.45) is 2.96. The second kappa shape index (κ2) is 9.24. The van der Waals surface area contributed by atoms with Gasteiger partial charge in [0.25, 0.3) is 0 Å². The number of hydrogen-bond donors (Lipinski definition) is 2. The highest BCUT2D eigenvalue weighted by Crippen LogP contribution is 2.16. The maximum Gasteiger partial charge on any atom is 0.240 e. The van der Waals surface area contributed by atoms with Crippen LogP contribution in [0.5, 0.6) is 0 Å². The topological polar surface area (TPSA) is 80.2 Å². The Labute approximate surface area is 172 Å². The predicted octanol–water partition coefficient (Wildman–Crippen LogP) is 3.13. The lowest BCUT2D eigenvalue weighted by Gasteiger charge is -2.10. The Morgan fingerprint density at radius 1 is 1.03 bits per heavy atom. The zero-order valence-electron chi connectivity index (χ0n) is 16.8. The molecule has 0 aliphatic heterocycles. The van der Waals surface area contributed by atoms with Crippen LogP contribution in [0.2, 0.25) is 0 Å². The normalized spacial score (nSPS) is 11.7. The van der Waals surface area contributed by atoms with Crippen LogP contribution in [0.1, 0.15) is 24.0 Å². The standard InChI is InChI=1S/C22H27N3O3S/c1-17-8-9-21(18(2)16-17)29(27,28)24-13-10-22(26)23-12-5-14-25-15-11-19-6-3-4-7-20(19)25/h3-4,6-9,11,15-16,24H,5,10,12-14H2,1-2H3,(H,23,26). The SMILES string of the molecule is Cc1ccc(S(=O)(=O)NCCC(=O)NCCCn2ccc3ccccc32)c(C)c1. The first-order valence-electron chi connectivity index (χ1n) is 9.74. The number of aryl methyl sites for hydroxylation is 3. The molecule has 0 spiro atoms. The first-order valence-corrected chi connectivity index (χ1v) is 11.2. The third kappa shape index (κ3) is 5.46. The van der Waals surface area contributed by atoms with Crippen molar-refractivity contribution in [1.29, 1.82) is 0 Å². The van der Waals surface area contributed by atoms with Crippen LogP contribution < -0.4 is 10.0 Å². The van der Waals surface area contributed by atoms with Gasteiger partial charge in [0.05, 0.1) is 4.90 Å². The molecule has 0 aliphatic rings. The van der Waals surface area contributed by atoms with Crippen LogP contribution in [0, 0.1) is 13.8 Å². The number of para-hydroxylation sites is 1. The lowest BCUT2D eigenvalue weighted by atomic mass is 10.2. The maximum atomic E-state index is 12.4. The number of fused-ring (bicyclic) bond motifs is 1. The lowest BCUT2D eigenvalue weighted by Crippen LogP contribution is -2.31. The van der Waals surface area contributed by atoms with E-state index in [0.29, 0.717) is 12.1 Å². The van der Waals surface area contributed by atoms with E-state index in [1.165, 1.54) is 10.9 Å². The van der Waals surface area contributed by atoms with Crippen molar-refractivity contribution in [2.45, 2.75) is 38.1 Å². The Morgan fingerprint density at radius 2 is 1.83 bits per heavy atom. The molecule has 0 unspecified atom stereocenters. The Hall–Kier alpha value is -2.64. The van der Waals surface area contributed by atoms with Crippen molar-refractivity contribution < 1.29 is 13.2 Å². The van der Waals surface area contributed by atoms with Crippen LogP contribution in [-0.4, -0.2) is 32.0 Å². The van der Waals surface area contributed by atoms with Crippen molar-refractivity contribution in [1.82, 2.24) is 14.6 Å². The summed E-state index contributed by atoms with van der Waals surface area (Å²) in [4.78, 5) is 12.3. The summed E-state index contributed by atoms with van der Waals surface area (Å²) in [6, 6.07) is 15.5. The number of amides is 1. The first kappa shape index (κ1) is 21.1. The van der Waals surface area contributed by atoms with Gasteiger partial charge < -0.3 is 9.88 Å². The number of nitrogens with zero attached hydrogens (tertiary/aromatic N) is 1. The Bertz CT molecular complexity index is 1100. The van der Waals surface area contributed by atoms with Gasteiger partial charge in [-0.05, 0) is 49.4 Å². The van der Waals surface area contributed by atoms with Gasteiger partial charge in [-0.2, -0.15) is 0 Å². The molecule has 0 saturated carbocycles. The zero-order chi connectivity index (χ0) is 20.9. The highest BCUT2D eigenvalue weighted by molar-refractivity contribution is 7.89. The molecular weight excluding hydrogens is 386 g/mol. The summed E-state index contributed by atoms with van der Waals surface area (Å²) in [5, 5.41) is 4.05. The van der Waals surface area contributed by atoms with Crippen LogP contribution in [0.4, 0.5) is 0 Å². The molecule has 1 aromatic heterocycles. The second-order valence-electron chi connectivity index (χ2n) is 7.19. The monoisotopic (exact) mass is 413 g/mol. The molecule has 0 aliphatic carbocycles. The van der Waals surface area contributed by atoms with Crippen LogP contribution in [0.25, 0.3) is 10.9 Å². The molecular formula is C22H27N3O3S. The molecule has 0 radical (unpaired) electrons. The van der Waals surface area contributed by atoms with E-state index in [9.17, 15) is 13.2 Å². The minimum Gasteiger partial charge on any atom is -0.356 e. The number of hydrogen-bond acceptors (Lipinski definition) is 3. The minimum atomic E-state index is -3.61. The molecule has 0 atom stereocenters. The van der Waals surface area contributed by atoms with Gasteiger partial charge in [0.2, 0.25) is 15.9 Å². The molecule has 1 heterocycles. The highest BCUT2D eigenvalue weighted by Gasteiger charge is 2.16. The van der Waals surface area contributed by atoms with Crippen molar-refractivity contribution in [2.24, 2.45) is 0 Å². The third-order valence-corrected chi connectivity index (χ3v) is 6.46. The predicted molar refractivity (Wildman–Crippen MR) is 115 cm³/mol. The molecule has 0 saturated heterocycles. The Morgan fingerprint density at radius 3 is 2.62 bits per heavy atom. The van der Waals surface area contributed by atoms with Crippen LogP contribution in [0.3, 0.4) is 0 Å². The van der Waals surface area contributed by atoms with E-state index in [-0.39, 0.29) is 23.8 Å². The third-order valence-electron chi connectivity index (χ3n) is 4.84. The summed E-state index contributed by atoms with van der Waals surface area (Å²) in [5.41, 5.74) is 2.88. The van der Waals surface area contributed by atoms with Crippen LogP contribution >= 0.6 is 0 Å². The summed E-state index contributed by atoms with van der Waals surface area (Å²) in [6.45, 7) is 5.12. The number of carbonyl (C=O) groups excluding carboxylic acids is 1. The number of aromatic nitrogens is 1. The van der Waals surface area contributed by atoms with Crippen molar-refractivity contribution in [3.8, 4) is 0 Å². The molecule has 3 aromatic rings. The Balaban J connectivity index is 1.40. The van der Waals surface area contributed by atoms with Gasteiger partial charge in [0.15, 0.2) is 0 Å². The fourth-order valence-electron chi connectivity index (χ4n) is 3.38. The minimum absolute atomic E-state index is 0.0731. The summed E-state index contributed by atoms with van der Waals surface area (Å²) >= 11 is 0.